The number of nitrogens with zero attached hydrogens (tertiary/aromatic N) is 2. The van der Waals surface area contributed by atoms with Gasteiger partial charge in [-0.1, -0.05) is 5.21 Å². The van der Waals surface area contributed by atoms with Crippen LogP contribution in [0.25, 0.3) is 0 Å². The lowest BCUT2D eigenvalue weighted by Gasteiger charge is -2.29. The molecule has 0 unspecified atom stereocenters. The highest BCUT2D eigenvalue weighted by Crippen LogP contribution is 2.29. The second kappa shape index (κ2) is 2.84. The molecule has 0 bridgehead atoms. The van der Waals surface area contributed by atoms with Crippen LogP contribution in [0.15, 0.2) is 6.20 Å². The molecule has 2 N–H and O–H groups in total. The van der Waals surface area contributed by atoms with E-state index in [1.54, 1.807) is 6.20 Å². The van der Waals surface area contributed by atoms with E-state index in [2.05, 4.69) is 15.4 Å². The molecule has 1 aliphatic heterocycles. The Labute approximate surface area is 69.7 Å². The lowest BCUT2D eigenvalue weighted by molar-refractivity contribution is -0.0705. The minimum atomic E-state index is -0.828. The van der Waals surface area contributed by atoms with E-state index >= 15 is 0 Å². The van der Waals surface area contributed by atoms with E-state index in [1.807, 2.05) is 0 Å². The van der Waals surface area contributed by atoms with Gasteiger partial charge in [0.15, 0.2) is 0 Å². The fourth-order valence-electron chi connectivity index (χ4n) is 1.39. The molecule has 5 nitrogen and oxygen atoms in total. The van der Waals surface area contributed by atoms with Gasteiger partial charge in [-0.2, -0.15) is 0 Å². The van der Waals surface area contributed by atoms with Crippen LogP contribution in [0.4, 0.5) is 0 Å². The molecule has 0 spiro atoms. The molecule has 66 valence electrons. The summed E-state index contributed by atoms with van der Waals surface area (Å²) in [6, 6.07) is 0. The van der Waals surface area contributed by atoms with Gasteiger partial charge in [0.2, 0.25) is 0 Å². The van der Waals surface area contributed by atoms with Crippen molar-refractivity contribution in [1.29, 1.82) is 0 Å². The van der Waals surface area contributed by atoms with Crippen LogP contribution in [0.2, 0.25) is 0 Å². The van der Waals surface area contributed by atoms with E-state index in [-0.39, 0.29) is 0 Å². The van der Waals surface area contributed by atoms with Crippen molar-refractivity contribution >= 4 is 0 Å². The minimum Gasteiger partial charge on any atom is -0.383 e. The van der Waals surface area contributed by atoms with Crippen LogP contribution in [0.3, 0.4) is 0 Å². The summed E-state index contributed by atoms with van der Waals surface area (Å²) < 4.78 is 5.14. The van der Waals surface area contributed by atoms with E-state index in [4.69, 9.17) is 4.74 Å². The fourth-order valence-corrected chi connectivity index (χ4v) is 1.39. The van der Waals surface area contributed by atoms with Crippen LogP contribution in [0.5, 0.6) is 0 Å². The second-order valence-corrected chi connectivity index (χ2v) is 3.00. The SMILES string of the molecule is OC1(c2c[nH]nn2)CCOCC1. The maximum atomic E-state index is 10.0. The van der Waals surface area contributed by atoms with Gasteiger partial charge in [0.25, 0.3) is 0 Å². The van der Waals surface area contributed by atoms with Crippen LogP contribution in [-0.4, -0.2) is 33.7 Å². The Balaban J connectivity index is 2.19. The lowest BCUT2D eigenvalue weighted by atomic mass is 9.91. The molecule has 1 saturated heterocycles. The van der Waals surface area contributed by atoms with Gasteiger partial charge >= 0.3 is 0 Å². The monoisotopic (exact) mass is 169 g/mol. The highest BCUT2D eigenvalue weighted by Gasteiger charge is 2.33. The van der Waals surface area contributed by atoms with Gasteiger partial charge in [-0.3, -0.25) is 5.10 Å². The van der Waals surface area contributed by atoms with Crippen LogP contribution < -0.4 is 0 Å². The number of rotatable bonds is 1. The smallest absolute Gasteiger partial charge is 0.114 e. The van der Waals surface area contributed by atoms with Crippen molar-refractivity contribution in [3.05, 3.63) is 11.9 Å². The van der Waals surface area contributed by atoms with E-state index in [9.17, 15) is 5.11 Å². The van der Waals surface area contributed by atoms with E-state index in [0.29, 0.717) is 31.7 Å². The largest absolute Gasteiger partial charge is 0.383 e. The first-order valence-corrected chi connectivity index (χ1v) is 3.98. The average molecular weight is 169 g/mol. The zero-order valence-electron chi connectivity index (χ0n) is 6.66. The number of nitrogens with one attached hydrogen (secondary N) is 1. The molecular formula is C7H11N3O2. The van der Waals surface area contributed by atoms with Gasteiger partial charge in [-0.15, -0.1) is 5.10 Å². The Morgan fingerprint density at radius 3 is 2.83 bits per heavy atom. The predicted molar refractivity (Wildman–Crippen MR) is 40.3 cm³/mol. The van der Waals surface area contributed by atoms with Crippen molar-refractivity contribution in [2.75, 3.05) is 13.2 Å². The summed E-state index contributed by atoms with van der Waals surface area (Å²) in [5.74, 6) is 0. The number of hydrogen-bond acceptors (Lipinski definition) is 4. The molecular weight excluding hydrogens is 158 g/mol. The quantitative estimate of drug-likeness (QED) is 0.611. The Bertz CT molecular complexity index is 241. The Morgan fingerprint density at radius 1 is 1.50 bits per heavy atom. The third-order valence-electron chi connectivity index (χ3n) is 2.21. The topological polar surface area (TPSA) is 71.0 Å². The van der Waals surface area contributed by atoms with Crippen molar-refractivity contribution in [2.24, 2.45) is 0 Å². The maximum Gasteiger partial charge on any atom is 0.114 e. The lowest BCUT2D eigenvalue weighted by Crippen LogP contribution is -2.33. The average Bonchev–Trinajstić information content (AvgIpc) is 2.58. The summed E-state index contributed by atoms with van der Waals surface area (Å²) in [7, 11) is 0. The molecule has 12 heavy (non-hydrogen) atoms. The van der Waals surface area contributed by atoms with Gasteiger partial charge in [0.1, 0.15) is 11.3 Å². The van der Waals surface area contributed by atoms with Gasteiger partial charge in [0, 0.05) is 32.3 Å². The first-order valence-electron chi connectivity index (χ1n) is 3.98. The summed E-state index contributed by atoms with van der Waals surface area (Å²) in [6.07, 6.45) is 2.82. The third kappa shape index (κ3) is 1.21. The fraction of sp³-hybridized carbons (Fsp3) is 0.714. The highest BCUT2D eigenvalue weighted by molar-refractivity contribution is 5.06. The second-order valence-electron chi connectivity index (χ2n) is 3.00. The summed E-state index contributed by atoms with van der Waals surface area (Å²) in [6.45, 7) is 1.17. The van der Waals surface area contributed by atoms with Crippen molar-refractivity contribution in [3.63, 3.8) is 0 Å². The van der Waals surface area contributed by atoms with E-state index in [1.165, 1.54) is 0 Å². The van der Waals surface area contributed by atoms with Crippen LogP contribution in [0.1, 0.15) is 18.5 Å². The summed E-state index contributed by atoms with van der Waals surface area (Å²) in [5, 5.41) is 20.0. The summed E-state index contributed by atoms with van der Waals surface area (Å²) in [4.78, 5) is 0. The Morgan fingerprint density at radius 2 is 2.25 bits per heavy atom. The zero-order chi connectivity index (χ0) is 8.44. The standard InChI is InChI=1S/C7H11N3O2/c11-7(1-3-12-4-2-7)6-5-8-10-9-6/h5,11H,1-4H2,(H,8,9,10). The van der Waals surface area contributed by atoms with Crippen molar-refractivity contribution in [2.45, 2.75) is 18.4 Å². The number of aromatic amines is 1. The zero-order valence-corrected chi connectivity index (χ0v) is 6.66. The summed E-state index contributed by atoms with van der Waals surface area (Å²) >= 11 is 0. The molecule has 0 amide bonds. The number of aromatic nitrogens is 3. The minimum absolute atomic E-state index is 0.587. The highest BCUT2D eigenvalue weighted by atomic mass is 16.5. The van der Waals surface area contributed by atoms with Gasteiger partial charge in [-0.05, 0) is 0 Å². The normalized spacial score (nSPS) is 22.4. The molecule has 0 radical (unpaired) electrons. The number of ether oxygens (including phenoxy) is 1. The van der Waals surface area contributed by atoms with E-state index < -0.39 is 5.60 Å². The number of H-pyrrole nitrogens is 1. The molecule has 2 heterocycles. The van der Waals surface area contributed by atoms with Crippen molar-refractivity contribution < 1.29 is 9.84 Å². The molecule has 0 atom stereocenters. The molecule has 5 heteroatoms. The molecule has 1 aromatic rings. The molecule has 0 aromatic carbocycles. The van der Waals surface area contributed by atoms with Crippen LogP contribution in [0, 0.1) is 0 Å². The predicted octanol–water partition coefficient (Wildman–Crippen LogP) is -0.197. The maximum absolute atomic E-state index is 10.0. The molecule has 0 saturated carbocycles. The molecule has 1 fully saturated rings. The molecule has 0 aliphatic carbocycles. The number of aliphatic hydroxyl groups is 1. The molecule has 1 aromatic heterocycles. The van der Waals surface area contributed by atoms with Crippen LogP contribution in [-0.2, 0) is 10.3 Å². The van der Waals surface area contributed by atoms with Crippen LogP contribution >= 0.6 is 0 Å². The van der Waals surface area contributed by atoms with Gasteiger partial charge in [-0.25, -0.2) is 0 Å². The Kier molecular flexibility index (Phi) is 1.82. The first-order chi connectivity index (χ1) is 5.81. The molecule has 1 aliphatic rings. The molecule has 2 rings (SSSR count). The Hall–Kier alpha value is -0.940. The first kappa shape index (κ1) is 7.70. The van der Waals surface area contributed by atoms with Crippen molar-refractivity contribution in [1.82, 2.24) is 15.4 Å². The summed E-state index contributed by atoms with van der Waals surface area (Å²) in [5.41, 5.74) is -0.212. The van der Waals surface area contributed by atoms with Gasteiger partial charge < -0.3 is 9.84 Å². The number of hydrogen-bond donors (Lipinski definition) is 2. The van der Waals surface area contributed by atoms with Crippen molar-refractivity contribution in [3.8, 4) is 0 Å². The van der Waals surface area contributed by atoms with E-state index in [0.717, 1.165) is 0 Å². The third-order valence-corrected chi connectivity index (χ3v) is 2.21. The van der Waals surface area contributed by atoms with Gasteiger partial charge in [0.05, 0.1) is 0 Å².